The molecule has 16 heavy (non-hydrogen) atoms. The molecule has 0 aliphatic rings. The van der Waals surface area contributed by atoms with Crippen LogP contribution in [0.3, 0.4) is 0 Å². The van der Waals surface area contributed by atoms with Gasteiger partial charge in [-0.25, -0.2) is 4.79 Å². The van der Waals surface area contributed by atoms with Gasteiger partial charge in [-0.3, -0.25) is 4.79 Å². The van der Waals surface area contributed by atoms with E-state index in [2.05, 4.69) is 5.32 Å². The SMILES string of the molecule is CC(C)C[C@H](NC(=O)[C@H](O)[C@@H](C)N)C(=O)O. The predicted octanol–water partition coefficient (Wildman–Crippen LogP) is -0.690. The van der Waals surface area contributed by atoms with Crippen LogP contribution in [0.5, 0.6) is 0 Å². The normalized spacial score (nSPS) is 16.6. The van der Waals surface area contributed by atoms with E-state index in [1.165, 1.54) is 6.92 Å². The number of aliphatic hydroxyl groups excluding tert-OH is 1. The van der Waals surface area contributed by atoms with Crippen LogP contribution in [-0.2, 0) is 9.59 Å². The third kappa shape index (κ3) is 5.09. The highest BCUT2D eigenvalue weighted by Gasteiger charge is 2.26. The van der Waals surface area contributed by atoms with Gasteiger partial charge in [-0.15, -0.1) is 0 Å². The molecule has 0 unspecified atom stereocenters. The lowest BCUT2D eigenvalue weighted by Crippen LogP contribution is -2.50. The molecule has 6 heteroatoms. The highest BCUT2D eigenvalue weighted by molar-refractivity contribution is 5.86. The van der Waals surface area contributed by atoms with Crippen LogP contribution in [0.2, 0.25) is 0 Å². The van der Waals surface area contributed by atoms with Crippen molar-refractivity contribution >= 4 is 11.9 Å². The summed E-state index contributed by atoms with van der Waals surface area (Å²) in [7, 11) is 0. The highest BCUT2D eigenvalue weighted by atomic mass is 16.4. The van der Waals surface area contributed by atoms with Crippen molar-refractivity contribution < 1.29 is 19.8 Å². The lowest BCUT2D eigenvalue weighted by molar-refractivity contribution is -0.144. The van der Waals surface area contributed by atoms with Gasteiger partial charge < -0.3 is 21.3 Å². The maximum Gasteiger partial charge on any atom is 0.326 e. The summed E-state index contributed by atoms with van der Waals surface area (Å²) in [6, 6.07) is -1.71. The van der Waals surface area contributed by atoms with E-state index in [-0.39, 0.29) is 5.92 Å². The summed E-state index contributed by atoms with van der Waals surface area (Å²) in [6.45, 7) is 5.18. The Morgan fingerprint density at radius 2 is 1.81 bits per heavy atom. The summed E-state index contributed by atoms with van der Waals surface area (Å²) < 4.78 is 0. The van der Waals surface area contributed by atoms with Gasteiger partial charge in [-0.05, 0) is 19.3 Å². The molecule has 0 spiro atoms. The molecule has 5 N–H and O–H groups in total. The number of carbonyl (C=O) groups excluding carboxylic acids is 1. The van der Waals surface area contributed by atoms with Crippen molar-refractivity contribution in [2.24, 2.45) is 11.7 Å². The Morgan fingerprint density at radius 3 is 2.12 bits per heavy atom. The molecule has 0 aromatic rings. The fraction of sp³-hybridized carbons (Fsp3) is 0.800. The molecular formula is C10H20N2O4. The molecular weight excluding hydrogens is 212 g/mol. The maximum atomic E-state index is 11.4. The van der Waals surface area contributed by atoms with Crippen LogP contribution in [0.4, 0.5) is 0 Å². The predicted molar refractivity (Wildman–Crippen MR) is 58.7 cm³/mol. The Hall–Kier alpha value is -1.14. The van der Waals surface area contributed by atoms with Gasteiger partial charge in [0.15, 0.2) is 0 Å². The van der Waals surface area contributed by atoms with E-state index >= 15 is 0 Å². The summed E-state index contributed by atoms with van der Waals surface area (Å²) in [5.41, 5.74) is 5.33. The lowest BCUT2D eigenvalue weighted by atomic mass is 10.0. The maximum absolute atomic E-state index is 11.4. The number of amides is 1. The third-order valence-corrected chi connectivity index (χ3v) is 2.09. The quantitative estimate of drug-likeness (QED) is 0.484. The van der Waals surface area contributed by atoms with Gasteiger partial charge in [0.05, 0.1) is 0 Å². The lowest BCUT2D eigenvalue weighted by Gasteiger charge is -2.20. The van der Waals surface area contributed by atoms with E-state index in [0.717, 1.165) is 0 Å². The van der Waals surface area contributed by atoms with Gasteiger partial charge in [0.1, 0.15) is 12.1 Å². The molecule has 3 atom stereocenters. The first-order valence-corrected chi connectivity index (χ1v) is 5.22. The van der Waals surface area contributed by atoms with E-state index in [1.807, 2.05) is 13.8 Å². The van der Waals surface area contributed by atoms with Crippen molar-refractivity contribution in [1.29, 1.82) is 0 Å². The van der Waals surface area contributed by atoms with Crippen LogP contribution in [0.1, 0.15) is 27.2 Å². The van der Waals surface area contributed by atoms with Crippen molar-refractivity contribution in [3.8, 4) is 0 Å². The number of hydrogen-bond acceptors (Lipinski definition) is 4. The van der Waals surface area contributed by atoms with Gasteiger partial charge in [0.25, 0.3) is 5.91 Å². The molecule has 0 heterocycles. The van der Waals surface area contributed by atoms with Crippen molar-refractivity contribution in [2.75, 3.05) is 0 Å². The number of aliphatic carboxylic acids is 1. The molecule has 0 rings (SSSR count). The minimum absolute atomic E-state index is 0.133. The molecule has 0 fully saturated rings. The van der Waals surface area contributed by atoms with E-state index in [1.54, 1.807) is 0 Å². The van der Waals surface area contributed by atoms with Gasteiger partial charge in [0, 0.05) is 6.04 Å². The number of nitrogens with one attached hydrogen (secondary N) is 1. The van der Waals surface area contributed by atoms with Crippen LogP contribution in [-0.4, -0.2) is 40.3 Å². The largest absolute Gasteiger partial charge is 0.480 e. The monoisotopic (exact) mass is 232 g/mol. The van der Waals surface area contributed by atoms with Crippen LogP contribution in [0.15, 0.2) is 0 Å². The molecule has 0 bridgehead atoms. The van der Waals surface area contributed by atoms with E-state index < -0.39 is 30.1 Å². The van der Waals surface area contributed by atoms with E-state index in [9.17, 15) is 14.7 Å². The fourth-order valence-corrected chi connectivity index (χ4v) is 1.19. The van der Waals surface area contributed by atoms with Gasteiger partial charge in [-0.2, -0.15) is 0 Å². The number of aliphatic hydroxyl groups is 1. The highest BCUT2D eigenvalue weighted by Crippen LogP contribution is 2.05. The van der Waals surface area contributed by atoms with Crippen molar-refractivity contribution in [1.82, 2.24) is 5.32 Å². The third-order valence-electron chi connectivity index (χ3n) is 2.09. The average molecular weight is 232 g/mol. The molecule has 0 aromatic heterocycles. The zero-order valence-corrected chi connectivity index (χ0v) is 9.80. The Bertz CT molecular complexity index is 253. The molecule has 0 aliphatic heterocycles. The standard InChI is InChI=1S/C10H20N2O4/c1-5(2)4-7(10(15)16)12-9(14)8(13)6(3)11/h5-8,13H,4,11H2,1-3H3,(H,12,14)(H,15,16)/t6-,7+,8-/m1/s1. The Kier molecular flexibility index (Phi) is 5.98. The van der Waals surface area contributed by atoms with Gasteiger partial charge >= 0.3 is 5.97 Å². The second kappa shape index (κ2) is 6.44. The van der Waals surface area contributed by atoms with Crippen LogP contribution < -0.4 is 11.1 Å². The summed E-state index contributed by atoms with van der Waals surface area (Å²) >= 11 is 0. The molecule has 0 aliphatic carbocycles. The van der Waals surface area contributed by atoms with Crippen LogP contribution in [0.25, 0.3) is 0 Å². The molecule has 0 radical (unpaired) electrons. The first-order chi connectivity index (χ1) is 7.25. The molecule has 0 saturated carbocycles. The number of hydrogen-bond donors (Lipinski definition) is 4. The second-order valence-corrected chi connectivity index (χ2v) is 4.33. The summed E-state index contributed by atoms with van der Waals surface area (Å²) in [6.07, 6.45) is -1.07. The molecule has 0 aromatic carbocycles. The average Bonchev–Trinajstić information content (AvgIpc) is 2.14. The second-order valence-electron chi connectivity index (χ2n) is 4.33. The zero-order chi connectivity index (χ0) is 12.9. The van der Waals surface area contributed by atoms with Crippen LogP contribution >= 0.6 is 0 Å². The minimum Gasteiger partial charge on any atom is -0.480 e. The van der Waals surface area contributed by atoms with Gasteiger partial charge in [0.2, 0.25) is 0 Å². The Balaban J connectivity index is 4.40. The first-order valence-electron chi connectivity index (χ1n) is 5.22. The topological polar surface area (TPSA) is 113 Å². The number of nitrogens with two attached hydrogens (primary N) is 1. The Morgan fingerprint density at radius 1 is 1.31 bits per heavy atom. The van der Waals surface area contributed by atoms with Crippen molar-refractivity contribution in [2.45, 2.75) is 45.4 Å². The van der Waals surface area contributed by atoms with E-state index in [4.69, 9.17) is 10.8 Å². The number of rotatable bonds is 6. The molecule has 0 saturated heterocycles. The minimum atomic E-state index is -1.38. The number of carboxylic acid groups (broad SMARTS) is 1. The van der Waals surface area contributed by atoms with Crippen molar-refractivity contribution in [3.63, 3.8) is 0 Å². The first kappa shape index (κ1) is 14.9. The molecule has 6 nitrogen and oxygen atoms in total. The smallest absolute Gasteiger partial charge is 0.326 e. The van der Waals surface area contributed by atoms with E-state index in [0.29, 0.717) is 6.42 Å². The summed E-state index contributed by atoms with van der Waals surface area (Å²) in [4.78, 5) is 22.2. The summed E-state index contributed by atoms with van der Waals surface area (Å²) in [5.74, 6) is -1.73. The fourth-order valence-electron chi connectivity index (χ4n) is 1.19. The zero-order valence-electron chi connectivity index (χ0n) is 9.80. The van der Waals surface area contributed by atoms with Gasteiger partial charge in [-0.1, -0.05) is 13.8 Å². The Labute approximate surface area is 94.8 Å². The number of carboxylic acids is 1. The number of carbonyl (C=O) groups is 2. The van der Waals surface area contributed by atoms with Crippen molar-refractivity contribution in [3.05, 3.63) is 0 Å². The van der Waals surface area contributed by atoms with Crippen LogP contribution in [0, 0.1) is 5.92 Å². The summed E-state index contributed by atoms with van der Waals surface area (Å²) in [5, 5.41) is 20.5. The molecule has 1 amide bonds. The molecule has 94 valence electrons.